The summed E-state index contributed by atoms with van der Waals surface area (Å²) in [5, 5.41) is 3.14. The van der Waals surface area contributed by atoms with Crippen molar-refractivity contribution in [1.82, 2.24) is 0 Å². The number of ether oxygens (including phenoxy) is 1. The van der Waals surface area contributed by atoms with Gasteiger partial charge in [-0.15, -0.1) is 0 Å². The average molecular weight is 310 g/mol. The van der Waals surface area contributed by atoms with Crippen LogP contribution in [0.5, 0.6) is 5.75 Å². The van der Waals surface area contributed by atoms with Crippen molar-refractivity contribution in [1.29, 1.82) is 0 Å². The Balaban J connectivity index is 1.66. The Hall–Kier alpha value is -3.28. The molecule has 0 unspecified atom stereocenters. The molecule has 0 saturated carbocycles. The number of anilines is 2. The van der Waals surface area contributed by atoms with Crippen LogP contribution in [0.4, 0.5) is 11.4 Å². The molecule has 2 aromatic carbocycles. The van der Waals surface area contributed by atoms with Gasteiger partial charge in [0.1, 0.15) is 11.3 Å². The number of nitrogens with one attached hydrogen (secondary N) is 1. The van der Waals surface area contributed by atoms with Gasteiger partial charge in [0.2, 0.25) is 0 Å². The molecule has 0 aliphatic rings. The van der Waals surface area contributed by atoms with Gasteiger partial charge in [-0.25, -0.2) is 0 Å². The van der Waals surface area contributed by atoms with E-state index in [0.29, 0.717) is 28.1 Å². The van der Waals surface area contributed by atoms with E-state index < -0.39 is 0 Å². The first-order valence-electron chi connectivity index (χ1n) is 6.91. The predicted molar refractivity (Wildman–Crippen MR) is 87.5 cm³/mol. The van der Waals surface area contributed by atoms with Crippen LogP contribution in [-0.4, -0.2) is 12.5 Å². The molecule has 0 bridgehead atoms. The SMILES string of the molecule is Nc1cccc(NC(=O)COc2ccc3c(=O)ccoc3c2)c1. The number of carbonyl (C=O) groups is 1. The highest BCUT2D eigenvalue weighted by Crippen LogP contribution is 2.18. The summed E-state index contributed by atoms with van der Waals surface area (Å²) in [5.74, 6) is 0.125. The summed E-state index contributed by atoms with van der Waals surface area (Å²) >= 11 is 0. The van der Waals surface area contributed by atoms with E-state index >= 15 is 0 Å². The van der Waals surface area contributed by atoms with Gasteiger partial charge >= 0.3 is 0 Å². The summed E-state index contributed by atoms with van der Waals surface area (Å²) in [6.07, 6.45) is 1.32. The number of amides is 1. The third-order valence-electron chi connectivity index (χ3n) is 3.17. The Bertz CT molecular complexity index is 918. The van der Waals surface area contributed by atoms with Gasteiger partial charge < -0.3 is 20.2 Å². The molecule has 3 rings (SSSR count). The largest absolute Gasteiger partial charge is 0.484 e. The molecule has 0 radical (unpaired) electrons. The third-order valence-corrected chi connectivity index (χ3v) is 3.17. The molecule has 0 fully saturated rings. The molecular formula is C17H14N2O4. The molecule has 0 spiro atoms. The monoisotopic (exact) mass is 310 g/mol. The summed E-state index contributed by atoms with van der Waals surface area (Å²) in [6.45, 7) is -0.169. The summed E-state index contributed by atoms with van der Waals surface area (Å²) in [4.78, 5) is 23.5. The maximum Gasteiger partial charge on any atom is 0.262 e. The van der Waals surface area contributed by atoms with Crippen LogP contribution in [-0.2, 0) is 4.79 Å². The minimum atomic E-state index is -0.315. The number of hydrogen-bond acceptors (Lipinski definition) is 5. The fourth-order valence-corrected chi connectivity index (χ4v) is 2.11. The van der Waals surface area contributed by atoms with Crippen LogP contribution in [0.25, 0.3) is 11.0 Å². The maximum atomic E-state index is 11.9. The van der Waals surface area contributed by atoms with Gasteiger partial charge in [-0.2, -0.15) is 0 Å². The van der Waals surface area contributed by atoms with Crippen LogP contribution in [0, 0.1) is 0 Å². The molecule has 6 nitrogen and oxygen atoms in total. The van der Waals surface area contributed by atoms with Gasteiger partial charge in [-0.3, -0.25) is 9.59 Å². The minimum absolute atomic E-state index is 0.128. The van der Waals surface area contributed by atoms with Gasteiger partial charge in [0, 0.05) is 23.5 Å². The Kier molecular flexibility index (Phi) is 3.97. The van der Waals surface area contributed by atoms with Gasteiger partial charge in [-0.05, 0) is 30.3 Å². The molecule has 6 heteroatoms. The van der Waals surface area contributed by atoms with E-state index in [4.69, 9.17) is 14.9 Å². The summed E-state index contributed by atoms with van der Waals surface area (Å²) in [6, 6.07) is 13.0. The van der Waals surface area contributed by atoms with Crippen LogP contribution in [0.15, 0.2) is 64.0 Å². The van der Waals surface area contributed by atoms with Crippen molar-refractivity contribution in [3.63, 3.8) is 0 Å². The minimum Gasteiger partial charge on any atom is -0.484 e. The molecule has 23 heavy (non-hydrogen) atoms. The van der Waals surface area contributed by atoms with Gasteiger partial charge in [0.15, 0.2) is 12.0 Å². The number of benzene rings is 2. The van der Waals surface area contributed by atoms with Crippen LogP contribution < -0.4 is 21.2 Å². The maximum absolute atomic E-state index is 11.9. The zero-order chi connectivity index (χ0) is 16.2. The molecule has 0 atom stereocenters. The molecule has 1 heterocycles. The molecule has 0 aliphatic carbocycles. The van der Waals surface area contributed by atoms with Gasteiger partial charge in [0.25, 0.3) is 5.91 Å². The van der Waals surface area contributed by atoms with Crippen molar-refractivity contribution < 1.29 is 13.9 Å². The van der Waals surface area contributed by atoms with Crippen molar-refractivity contribution >= 4 is 28.3 Å². The van der Waals surface area contributed by atoms with Gasteiger partial charge in [-0.1, -0.05) is 6.07 Å². The quantitative estimate of drug-likeness (QED) is 0.722. The lowest BCUT2D eigenvalue weighted by atomic mass is 10.2. The Morgan fingerprint density at radius 3 is 2.87 bits per heavy atom. The first kappa shape index (κ1) is 14.6. The molecule has 116 valence electrons. The van der Waals surface area contributed by atoms with E-state index in [2.05, 4.69) is 5.32 Å². The lowest BCUT2D eigenvalue weighted by molar-refractivity contribution is -0.118. The molecule has 1 aromatic heterocycles. The first-order chi connectivity index (χ1) is 11.1. The molecule has 0 saturated heterocycles. The Labute approximate surface area is 131 Å². The van der Waals surface area contributed by atoms with Crippen LogP contribution in [0.2, 0.25) is 0 Å². The van der Waals surface area contributed by atoms with Crippen LogP contribution >= 0.6 is 0 Å². The van der Waals surface area contributed by atoms with Crippen molar-refractivity contribution in [2.45, 2.75) is 0 Å². The molecule has 1 amide bonds. The first-order valence-corrected chi connectivity index (χ1v) is 6.91. The third kappa shape index (κ3) is 3.49. The predicted octanol–water partition coefficient (Wildman–Crippen LogP) is 2.39. The number of nitrogen functional groups attached to an aromatic ring is 1. The molecule has 0 aliphatic heterocycles. The number of fused-ring (bicyclic) bond motifs is 1. The highest BCUT2D eigenvalue weighted by molar-refractivity contribution is 5.92. The fraction of sp³-hybridized carbons (Fsp3) is 0.0588. The van der Waals surface area contributed by atoms with Crippen molar-refractivity contribution in [2.24, 2.45) is 0 Å². The fourth-order valence-electron chi connectivity index (χ4n) is 2.11. The topological polar surface area (TPSA) is 94.6 Å². The van der Waals surface area contributed by atoms with Crippen LogP contribution in [0.3, 0.4) is 0 Å². The normalized spacial score (nSPS) is 10.4. The number of carbonyl (C=O) groups excluding carboxylic acids is 1. The molecular weight excluding hydrogens is 296 g/mol. The molecule has 3 aromatic rings. The zero-order valence-corrected chi connectivity index (χ0v) is 12.1. The average Bonchev–Trinajstić information content (AvgIpc) is 2.53. The zero-order valence-electron chi connectivity index (χ0n) is 12.1. The van der Waals surface area contributed by atoms with Gasteiger partial charge in [0.05, 0.1) is 11.6 Å². The summed E-state index contributed by atoms with van der Waals surface area (Å²) in [5.41, 5.74) is 7.09. The van der Waals surface area contributed by atoms with E-state index in [1.54, 1.807) is 42.5 Å². The second kappa shape index (κ2) is 6.23. The smallest absolute Gasteiger partial charge is 0.262 e. The number of rotatable bonds is 4. The second-order valence-electron chi connectivity index (χ2n) is 4.91. The van der Waals surface area contributed by atoms with Crippen molar-refractivity contribution in [3.05, 3.63) is 65.0 Å². The van der Waals surface area contributed by atoms with Crippen molar-refractivity contribution in [2.75, 3.05) is 17.7 Å². The highest BCUT2D eigenvalue weighted by Gasteiger charge is 2.06. The summed E-state index contributed by atoms with van der Waals surface area (Å²) in [7, 11) is 0. The highest BCUT2D eigenvalue weighted by atomic mass is 16.5. The van der Waals surface area contributed by atoms with E-state index in [1.807, 2.05) is 0 Å². The van der Waals surface area contributed by atoms with E-state index in [1.165, 1.54) is 12.3 Å². The lowest BCUT2D eigenvalue weighted by Gasteiger charge is -2.08. The van der Waals surface area contributed by atoms with E-state index in [-0.39, 0.29) is 17.9 Å². The van der Waals surface area contributed by atoms with E-state index in [9.17, 15) is 9.59 Å². The lowest BCUT2D eigenvalue weighted by Crippen LogP contribution is -2.20. The van der Waals surface area contributed by atoms with E-state index in [0.717, 1.165) is 0 Å². The second-order valence-corrected chi connectivity index (χ2v) is 4.91. The van der Waals surface area contributed by atoms with Crippen molar-refractivity contribution in [3.8, 4) is 5.75 Å². The molecule has 3 N–H and O–H groups in total. The Morgan fingerprint density at radius 2 is 2.04 bits per heavy atom. The number of hydrogen-bond donors (Lipinski definition) is 2. The Morgan fingerprint density at radius 1 is 1.17 bits per heavy atom. The summed E-state index contributed by atoms with van der Waals surface area (Å²) < 4.78 is 10.7. The standard InChI is InChI=1S/C17H14N2O4/c18-11-2-1-3-12(8-11)19-17(21)10-23-13-4-5-14-15(20)6-7-22-16(14)9-13/h1-9H,10,18H2,(H,19,21). The number of nitrogens with two attached hydrogens (primary N) is 1. The van der Waals surface area contributed by atoms with Crippen LogP contribution in [0.1, 0.15) is 0 Å².